The predicted molar refractivity (Wildman–Crippen MR) is 71.7 cm³/mol. The molecule has 0 radical (unpaired) electrons. The molecule has 5 nitrogen and oxygen atoms in total. The van der Waals surface area contributed by atoms with Crippen LogP contribution in [0.3, 0.4) is 0 Å². The molecule has 2 aromatic rings. The summed E-state index contributed by atoms with van der Waals surface area (Å²) in [5.41, 5.74) is -0.618. The van der Waals surface area contributed by atoms with Crippen molar-refractivity contribution in [2.24, 2.45) is 0 Å². The summed E-state index contributed by atoms with van der Waals surface area (Å²) in [5, 5.41) is 10.7. The summed E-state index contributed by atoms with van der Waals surface area (Å²) in [7, 11) is 0. The highest BCUT2D eigenvalue weighted by Gasteiger charge is 2.29. The molecule has 0 aliphatic heterocycles. The van der Waals surface area contributed by atoms with Gasteiger partial charge in [0.15, 0.2) is 0 Å². The summed E-state index contributed by atoms with van der Waals surface area (Å²) in [6, 6.07) is 6.57. The van der Waals surface area contributed by atoms with Crippen LogP contribution in [0.1, 0.15) is 18.9 Å². The number of aromatic amines is 1. The number of benzene rings is 1. The smallest absolute Gasteiger partial charge is 0.331 e. The first kappa shape index (κ1) is 12.0. The second kappa shape index (κ2) is 4.28. The number of halogens is 1. The molecule has 1 aliphatic carbocycles. The molecule has 2 N–H and O–H groups in total. The van der Waals surface area contributed by atoms with Gasteiger partial charge in [0.05, 0.1) is 0 Å². The van der Waals surface area contributed by atoms with E-state index in [2.05, 4.69) is 4.98 Å². The van der Waals surface area contributed by atoms with Crippen LogP contribution in [-0.4, -0.2) is 14.7 Å². The molecule has 19 heavy (non-hydrogen) atoms. The van der Waals surface area contributed by atoms with Gasteiger partial charge < -0.3 is 5.11 Å². The van der Waals surface area contributed by atoms with Crippen LogP contribution >= 0.6 is 11.6 Å². The maximum atomic E-state index is 11.9. The third-order valence-corrected chi connectivity index (χ3v) is 3.38. The van der Waals surface area contributed by atoms with E-state index in [1.807, 2.05) is 0 Å². The number of nitrogens with one attached hydrogen (secondary N) is 1. The summed E-state index contributed by atoms with van der Waals surface area (Å²) >= 11 is 5.88. The quantitative estimate of drug-likeness (QED) is 0.881. The Hall–Kier alpha value is -2.01. The second-order valence-corrected chi connectivity index (χ2v) is 5.01. The number of nitrogens with zero attached hydrogens (tertiary/aromatic N) is 1. The first-order valence-electron chi connectivity index (χ1n) is 5.91. The van der Waals surface area contributed by atoms with E-state index in [0.717, 1.165) is 12.8 Å². The molecule has 0 unspecified atom stereocenters. The summed E-state index contributed by atoms with van der Waals surface area (Å²) in [6.45, 7) is 0. The fraction of sp³-hybridized carbons (Fsp3) is 0.231. The molecule has 6 heteroatoms. The van der Waals surface area contributed by atoms with Crippen molar-refractivity contribution in [2.45, 2.75) is 18.9 Å². The van der Waals surface area contributed by atoms with Crippen LogP contribution in [0, 0.1) is 0 Å². The average Bonchev–Trinajstić information content (AvgIpc) is 3.12. The molecule has 1 heterocycles. The molecule has 3 rings (SSSR count). The zero-order valence-corrected chi connectivity index (χ0v) is 10.6. The van der Waals surface area contributed by atoms with E-state index in [9.17, 15) is 14.7 Å². The van der Waals surface area contributed by atoms with E-state index >= 15 is 0 Å². The molecule has 1 aliphatic rings. The zero-order valence-electron chi connectivity index (χ0n) is 9.89. The molecule has 1 aromatic heterocycles. The van der Waals surface area contributed by atoms with Gasteiger partial charge in [0, 0.05) is 11.1 Å². The summed E-state index contributed by atoms with van der Waals surface area (Å²) in [4.78, 5) is 25.8. The van der Waals surface area contributed by atoms with Gasteiger partial charge in [-0.1, -0.05) is 23.7 Å². The lowest BCUT2D eigenvalue weighted by Crippen LogP contribution is -2.30. The van der Waals surface area contributed by atoms with Gasteiger partial charge in [-0.2, -0.15) is 0 Å². The van der Waals surface area contributed by atoms with Gasteiger partial charge in [0.1, 0.15) is 5.56 Å². The number of aromatic hydroxyl groups is 1. The number of aromatic nitrogens is 2. The Morgan fingerprint density at radius 1 is 1.32 bits per heavy atom. The Bertz CT molecular complexity index is 759. The monoisotopic (exact) mass is 278 g/mol. The predicted octanol–water partition coefficient (Wildman–Crippen LogP) is 1.90. The lowest BCUT2D eigenvalue weighted by Gasteiger charge is -2.10. The maximum Gasteiger partial charge on any atom is 0.331 e. The van der Waals surface area contributed by atoms with Gasteiger partial charge >= 0.3 is 5.69 Å². The van der Waals surface area contributed by atoms with Gasteiger partial charge in [0.2, 0.25) is 5.88 Å². The zero-order chi connectivity index (χ0) is 13.6. The van der Waals surface area contributed by atoms with Crippen molar-refractivity contribution < 1.29 is 5.11 Å². The number of hydrogen-bond acceptors (Lipinski definition) is 3. The molecule has 98 valence electrons. The third kappa shape index (κ3) is 2.06. The fourth-order valence-electron chi connectivity index (χ4n) is 2.11. The van der Waals surface area contributed by atoms with Crippen LogP contribution in [0.4, 0.5) is 0 Å². The molecule has 0 spiro atoms. The van der Waals surface area contributed by atoms with Crippen molar-refractivity contribution in [1.29, 1.82) is 0 Å². The van der Waals surface area contributed by atoms with Crippen LogP contribution in [0.2, 0.25) is 5.02 Å². The van der Waals surface area contributed by atoms with Crippen molar-refractivity contribution in [3.63, 3.8) is 0 Å². The average molecular weight is 279 g/mol. The molecular weight excluding hydrogens is 268 g/mol. The van der Waals surface area contributed by atoms with Gasteiger partial charge in [-0.25, -0.2) is 4.79 Å². The van der Waals surface area contributed by atoms with E-state index in [4.69, 9.17) is 11.6 Å². The summed E-state index contributed by atoms with van der Waals surface area (Å²) < 4.78 is 1.23. The first-order chi connectivity index (χ1) is 9.08. The minimum Gasteiger partial charge on any atom is -0.494 e. The van der Waals surface area contributed by atoms with E-state index < -0.39 is 11.2 Å². The largest absolute Gasteiger partial charge is 0.494 e. The van der Waals surface area contributed by atoms with Gasteiger partial charge in [-0.15, -0.1) is 0 Å². The topological polar surface area (TPSA) is 75.1 Å². The van der Waals surface area contributed by atoms with Crippen LogP contribution in [0.5, 0.6) is 5.88 Å². The number of rotatable bonds is 2. The summed E-state index contributed by atoms with van der Waals surface area (Å²) in [5.74, 6) is -0.293. The molecule has 1 saturated carbocycles. The molecule has 1 fully saturated rings. The molecule has 0 saturated heterocycles. The van der Waals surface area contributed by atoms with Gasteiger partial charge in [-0.05, 0) is 30.5 Å². The van der Waals surface area contributed by atoms with Crippen LogP contribution in [0.15, 0.2) is 33.9 Å². The van der Waals surface area contributed by atoms with Crippen molar-refractivity contribution in [3.8, 4) is 17.0 Å². The Morgan fingerprint density at radius 2 is 2.05 bits per heavy atom. The second-order valence-electron chi connectivity index (χ2n) is 4.57. The van der Waals surface area contributed by atoms with Crippen LogP contribution in [0.25, 0.3) is 11.1 Å². The van der Waals surface area contributed by atoms with Gasteiger partial charge in [0.25, 0.3) is 5.56 Å². The van der Waals surface area contributed by atoms with Crippen molar-refractivity contribution in [3.05, 3.63) is 50.1 Å². The molecule has 1 aromatic carbocycles. The fourth-order valence-corrected chi connectivity index (χ4v) is 2.30. The van der Waals surface area contributed by atoms with Crippen LogP contribution < -0.4 is 11.2 Å². The minimum absolute atomic E-state index is 0.0257. The Morgan fingerprint density at radius 3 is 2.68 bits per heavy atom. The lowest BCUT2D eigenvalue weighted by atomic mass is 10.1. The van der Waals surface area contributed by atoms with Crippen LogP contribution in [-0.2, 0) is 0 Å². The molecule has 0 amide bonds. The van der Waals surface area contributed by atoms with E-state index in [-0.39, 0.29) is 17.5 Å². The molecular formula is C13H11ClN2O3. The molecule has 0 atom stereocenters. The maximum absolute atomic E-state index is 11.9. The summed E-state index contributed by atoms with van der Waals surface area (Å²) in [6.07, 6.45) is 1.66. The number of hydrogen-bond donors (Lipinski definition) is 2. The highest BCUT2D eigenvalue weighted by molar-refractivity contribution is 6.30. The highest BCUT2D eigenvalue weighted by atomic mass is 35.5. The van der Waals surface area contributed by atoms with Crippen molar-refractivity contribution in [2.75, 3.05) is 0 Å². The number of H-pyrrole nitrogens is 1. The van der Waals surface area contributed by atoms with Crippen molar-refractivity contribution in [1.82, 2.24) is 9.55 Å². The Labute approximate surface area is 113 Å². The Kier molecular flexibility index (Phi) is 2.71. The minimum atomic E-state index is -0.610. The Balaban J connectivity index is 2.29. The molecule has 0 bridgehead atoms. The lowest BCUT2D eigenvalue weighted by molar-refractivity contribution is 0.405. The van der Waals surface area contributed by atoms with E-state index in [1.54, 1.807) is 24.3 Å². The third-order valence-electron chi connectivity index (χ3n) is 3.14. The van der Waals surface area contributed by atoms with Gasteiger partial charge in [-0.3, -0.25) is 14.3 Å². The van der Waals surface area contributed by atoms with E-state index in [0.29, 0.717) is 10.6 Å². The normalized spacial score (nSPS) is 14.6. The SMILES string of the molecule is O=c1[nH]c(=O)n(C2CC2)c(O)c1-c1cccc(Cl)c1. The van der Waals surface area contributed by atoms with E-state index in [1.165, 1.54) is 4.57 Å². The van der Waals surface area contributed by atoms with Crippen molar-refractivity contribution >= 4 is 11.6 Å². The highest BCUT2D eigenvalue weighted by Crippen LogP contribution is 2.38. The standard InChI is InChI=1S/C13H11ClN2O3/c14-8-3-1-2-7(6-8)10-11(17)15-13(19)16(12(10)18)9-4-5-9/h1-3,6,9,18H,4-5H2,(H,15,17,19). The first-order valence-corrected chi connectivity index (χ1v) is 6.29.